The van der Waals surface area contributed by atoms with Crippen LogP contribution in [0.5, 0.6) is 0 Å². The molecule has 1 atom stereocenters. The topological polar surface area (TPSA) is 32.3 Å². The maximum Gasteiger partial charge on any atom is 0.240 e. The largest absolute Gasteiger partial charge is 0.361 e. The van der Waals surface area contributed by atoms with Gasteiger partial charge in [-0.1, -0.05) is 36.4 Å². The Bertz CT molecular complexity index is 761. The normalized spacial score (nSPS) is 19.5. The van der Waals surface area contributed by atoms with Crippen LogP contribution in [0.4, 0.5) is 5.69 Å². The average molecular weight is 353 g/mol. The Kier molecular flexibility index (Phi) is 4.97. The first-order chi connectivity index (χ1) is 12.3. The Morgan fingerprint density at radius 1 is 1.12 bits per heavy atom. The van der Waals surface area contributed by atoms with Crippen LogP contribution in [0.1, 0.15) is 36.4 Å². The van der Waals surface area contributed by atoms with E-state index in [0.717, 1.165) is 38.0 Å². The van der Waals surface area contributed by atoms with Gasteiger partial charge in [0.15, 0.2) is 0 Å². The van der Waals surface area contributed by atoms with E-state index in [1.807, 2.05) is 11.8 Å². The first kappa shape index (κ1) is 16.5. The molecule has 130 valence electrons. The molecule has 1 heterocycles. The van der Waals surface area contributed by atoms with Crippen LogP contribution >= 0.6 is 11.8 Å². The molecule has 2 aromatic carbocycles. The molecule has 0 saturated heterocycles. The van der Waals surface area contributed by atoms with Gasteiger partial charge >= 0.3 is 0 Å². The number of nitrogens with one attached hydrogen (secondary N) is 1. The van der Waals surface area contributed by atoms with Gasteiger partial charge in [0.25, 0.3) is 0 Å². The third-order valence-electron chi connectivity index (χ3n) is 5.07. The van der Waals surface area contributed by atoms with Crippen molar-refractivity contribution < 1.29 is 4.79 Å². The second-order valence-corrected chi connectivity index (χ2v) is 7.94. The monoisotopic (exact) mass is 352 g/mol. The predicted octanol–water partition coefficient (Wildman–Crippen LogP) is 4.18. The van der Waals surface area contributed by atoms with E-state index in [1.165, 1.54) is 21.7 Å². The molecule has 25 heavy (non-hydrogen) atoms. The van der Waals surface area contributed by atoms with Crippen molar-refractivity contribution in [1.29, 1.82) is 0 Å². The molecule has 1 amide bonds. The summed E-state index contributed by atoms with van der Waals surface area (Å²) in [4.78, 5) is 16.3. The van der Waals surface area contributed by atoms with E-state index < -0.39 is 0 Å². The van der Waals surface area contributed by atoms with E-state index in [4.69, 9.17) is 0 Å². The molecule has 0 bridgehead atoms. The van der Waals surface area contributed by atoms with Gasteiger partial charge in [-0.15, -0.1) is 11.8 Å². The summed E-state index contributed by atoms with van der Waals surface area (Å²) in [5.74, 6) is 1.24. The number of para-hydroxylation sites is 1. The Hall–Kier alpha value is -1.94. The highest BCUT2D eigenvalue weighted by Crippen LogP contribution is 2.33. The number of carbonyl (C=O) groups excluding carboxylic acids is 1. The minimum Gasteiger partial charge on any atom is -0.361 e. The molecule has 2 aliphatic rings. The van der Waals surface area contributed by atoms with Gasteiger partial charge in [-0.3, -0.25) is 4.79 Å². The van der Waals surface area contributed by atoms with Crippen LogP contribution in [-0.4, -0.2) is 24.7 Å². The number of thioether (sulfide) groups is 1. The standard InChI is InChI=1S/C21H24N2OS/c24-21(22-18-10-5-8-16-7-1-2-9-17(16)18)15-23-13-6-14-25-20-12-4-3-11-19(20)23/h1-4,7,9,11-12,18H,5-6,8,10,13-15H2,(H,22,24)/t18-/m0/s1. The van der Waals surface area contributed by atoms with Gasteiger partial charge < -0.3 is 10.2 Å². The lowest BCUT2D eigenvalue weighted by molar-refractivity contribution is -0.120. The van der Waals surface area contributed by atoms with Crippen molar-refractivity contribution in [3.05, 3.63) is 59.7 Å². The minimum atomic E-state index is 0.128. The van der Waals surface area contributed by atoms with Crippen LogP contribution in [0.2, 0.25) is 0 Å². The smallest absolute Gasteiger partial charge is 0.240 e. The van der Waals surface area contributed by atoms with Gasteiger partial charge in [0.1, 0.15) is 0 Å². The van der Waals surface area contributed by atoms with E-state index >= 15 is 0 Å². The third-order valence-corrected chi connectivity index (χ3v) is 6.22. The highest BCUT2D eigenvalue weighted by atomic mass is 32.2. The zero-order valence-electron chi connectivity index (χ0n) is 14.4. The number of hydrogen-bond acceptors (Lipinski definition) is 3. The van der Waals surface area contributed by atoms with Gasteiger partial charge in [-0.05, 0) is 54.7 Å². The van der Waals surface area contributed by atoms with Crippen LogP contribution in [0.3, 0.4) is 0 Å². The van der Waals surface area contributed by atoms with E-state index in [0.29, 0.717) is 6.54 Å². The summed E-state index contributed by atoms with van der Waals surface area (Å²) in [6.45, 7) is 1.38. The lowest BCUT2D eigenvalue weighted by Crippen LogP contribution is -2.40. The summed E-state index contributed by atoms with van der Waals surface area (Å²) in [6, 6.07) is 17.1. The van der Waals surface area contributed by atoms with Gasteiger partial charge in [-0.25, -0.2) is 0 Å². The number of nitrogens with zero attached hydrogens (tertiary/aromatic N) is 1. The molecule has 1 aliphatic carbocycles. The summed E-state index contributed by atoms with van der Waals surface area (Å²) in [7, 11) is 0. The van der Waals surface area contributed by atoms with Crippen molar-refractivity contribution >= 4 is 23.4 Å². The number of aryl methyl sites for hydroxylation is 1. The second-order valence-electron chi connectivity index (χ2n) is 6.80. The predicted molar refractivity (Wildman–Crippen MR) is 104 cm³/mol. The van der Waals surface area contributed by atoms with Gasteiger partial charge in [-0.2, -0.15) is 0 Å². The van der Waals surface area contributed by atoms with Crippen LogP contribution < -0.4 is 10.2 Å². The molecule has 1 N–H and O–H groups in total. The number of rotatable bonds is 3. The molecule has 2 aromatic rings. The molecule has 1 aliphatic heterocycles. The number of amides is 1. The minimum absolute atomic E-state index is 0.128. The molecule has 4 rings (SSSR count). The quantitative estimate of drug-likeness (QED) is 0.899. The van der Waals surface area contributed by atoms with E-state index in [1.54, 1.807) is 0 Å². The van der Waals surface area contributed by atoms with E-state index in [2.05, 4.69) is 58.7 Å². The molecular weight excluding hydrogens is 328 g/mol. The van der Waals surface area contributed by atoms with Crippen LogP contribution in [0.25, 0.3) is 0 Å². The van der Waals surface area contributed by atoms with Crippen molar-refractivity contribution in [2.45, 2.75) is 36.6 Å². The van der Waals surface area contributed by atoms with Crippen molar-refractivity contribution in [3.63, 3.8) is 0 Å². The van der Waals surface area contributed by atoms with Crippen molar-refractivity contribution in [1.82, 2.24) is 5.32 Å². The number of benzene rings is 2. The van der Waals surface area contributed by atoms with Crippen LogP contribution in [0, 0.1) is 0 Å². The van der Waals surface area contributed by atoms with Gasteiger partial charge in [0, 0.05) is 11.4 Å². The van der Waals surface area contributed by atoms with Gasteiger partial charge in [0.05, 0.1) is 18.3 Å². The Morgan fingerprint density at radius 2 is 1.96 bits per heavy atom. The fraction of sp³-hybridized carbons (Fsp3) is 0.381. The molecule has 0 aromatic heterocycles. The number of fused-ring (bicyclic) bond motifs is 2. The summed E-state index contributed by atoms with van der Waals surface area (Å²) in [5.41, 5.74) is 3.88. The summed E-state index contributed by atoms with van der Waals surface area (Å²) >= 11 is 1.89. The highest BCUT2D eigenvalue weighted by molar-refractivity contribution is 7.99. The number of carbonyl (C=O) groups is 1. The third kappa shape index (κ3) is 3.69. The first-order valence-electron chi connectivity index (χ1n) is 9.15. The maximum absolute atomic E-state index is 12.8. The second kappa shape index (κ2) is 7.52. The zero-order valence-corrected chi connectivity index (χ0v) is 15.2. The molecule has 0 fully saturated rings. The molecule has 3 nitrogen and oxygen atoms in total. The maximum atomic E-state index is 12.8. The van der Waals surface area contributed by atoms with Crippen molar-refractivity contribution in [3.8, 4) is 0 Å². The fourth-order valence-corrected chi connectivity index (χ4v) is 4.89. The molecule has 0 unspecified atom stereocenters. The average Bonchev–Trinajstić information content (AvgIpc) is 2.85. The number of anilines is 1. The summed E-state index contributed by atoms with van der Waals surface area (Å²) < 4.78 is 0. The molecule has 0 saturated carbocycles. The lowest BCUT2D eigenvalue weighted by atomic mass is 9.88. The van der Waals surface area contributed by atoms with E-state index in [9.17, 15) is 4.79 Å². The zero-order chi connectivity index (χ0) is 17.1. The van der Waals surface area contributed by atoms with E-state index in [-0.39, 0.29) is 11.9 Å². The SMILES string of the molecule is O=C(CN1CCCSc2ccccc21)N[C@H]1CCCc2ccccc21. The number of hydrogen-bond donors (Lipinski definition) is 1. The fourth-order valence-electron chi connectivity index (χ4n) is 3.88. The Labute approximate surface area is 153 Å². The molecular formula is C21H24N2OS. The van der Waals surface area contributed by atoms with Gasteiger partial charge in [0.2, 0.25) is 5.91 Å². The summed E-state index contributed by atoms with van der Waals surface area (Å²) in [5, 5.41) is 3.29. The van der Waals surface area contributed by atoms with Crippen molar-refractivity contribution in [2.24, 2.45) is 0 Å². The molecule has 4 heteroatoms. The Morgan fingerprint density at radius 3 is 2.92 bits per heavy atom. The summed E-state index contributed by atoms with van der Waals surface area (Å²) in [6.07, 6.45) is 4.42. The lowest BCUT2D eigenvalue weighted by Gasteiger charge is -2.29. The van der Waals surface area contributed by atoms with Crippen molar-refractivity contribution in [2.75, 3.05) is 23.7 Å². The molecule has 0 radical (unpaired) electrons. The first-order valence-corrected chi connectivity index (χ1v) is 10.1. The molecule has 0 spiro atoms. The van der Waals surface area contributed by atoms with Crippen LogP contribution in [-0.2, 0) is 11.2 Å². The van der Waals surface area contributed by atoms with Crippen LogP contribution in [0.15, 0.2) is 53.4 Å². The Balaban J connectivity index is 1.47. The highest BCUT2D eigenvalue weighted by Gasteiger charge is 2.23.